The monoisotopic (exact) mass is 411 g/mol. The Balaban J connectivity index is 1.39. The van der Waals surface area contributed by atoms with Crippen molar-refractivity contribution in [3.63, 3.8) is 0 Å². The average molecular weight is 412 g/mol. The average Bonchev–Trinajstić information content (AvgIpc) is 2.95. The quantitative estimate of drug-likeness (QED) is 0.791. The fourth-order valence-corrected chi connectivity index (χ4v) is 4.96. The van der Waals surface area contributed by atoms with Crippen LogP contribution in [0.5, 0.6) is 0 Å². The van der Waals surface area contributed by atoms with E-state index in [9.17, 15) is 8.78 Å². The van der Waals surface area contributed by atoms with Crippen molar-refractivity contribution in [1.29, 1.82) is 0 Å². The lowest BCUT2D eigenvalue weighted by Gasteiger charge is -2.39. The number of nitrogens with zero attached hydrogens (tertiary/aromatic N) is 4. The summed E-state index contributed by atoms with van der Waals surface area (Å²) < 4.78 is 27.2. The zero-order valence-electron chi connectivity index (χ0n) is 14.7. The molecule has 0 aromatic carbocycles. The van der Waals surface area contributed by atoms with Crippen LogP contribution in [0.25, 0.3) is 0 Å². The number of aromatic nitrogens is 3. The highest BCUT2D eigenvalue weighted by molar-refractivity contribution is 7.99. The van der Waals surface area contributed by atoms with Crippen LogP contribution >= 0.6 is 23.4 Å². The molecule has 0 bridgehead atoms. The number of anilines is 2. The SMILES string of the molecule is Nc1nccc(Sc2cnc(N3CCC4(CC3)CCC(F)(F)C4)cn2)c1Cl. The van der Waals surface area contributed by atoms with E-state index in [4.69, 9.17) is 17.3 Å². The van der Waals surface area contributed by atoms with E-state index >= 15 is 0 Å². The molecule has 1 saturated carbocycles. The van der Waals surface area contributed by atoms with Gasteiger partial charge in [-0.15, -0.1) is 0 Å². The van der Waals surface area contributed by atoms with Crippen LogP contribution in [0.2, 0.25) is 5.02 Å². The molecule has 1 spiro atoms. The topological polar surface area (TPSA) is 67.9 Å². The van der Waals surface area contributed by atoms with E-state index < -0.39 is 5.92 Å². The Morgan fingerprint density at radius 3 is 2.48 bits per heavy atom. The molecule has 5 nitrogen and oxygen atoms in total. The number of rotatable bonds is 3. The highest BCUT2D eigenvalue weighted by Crippen LogP contribution is 2.53. The summed E-state index contributed by atoms with van der Waals surface area (Å²) in [5, 5.41) is 1.11. The van der Waals surface area contributed by atoms with Gasteiger partial charge in [-0.3, -0.25) is 0 Å². The van der Waals surface area contributed by atoms with Crippen molar-refractivity contribution in [2.75, 3.05) is 23.7 Å². The maximum absolute atomic E-state index is 13.6. The summed E-state index contributed by atoms with van der Waals surface area (Å²) in [5.74, 6) is -1.43. The van der Waals surface area contributed by atoms with Gasteiger partial charge in [0.2, 0.25) is 5.92 Å². The van der Waals surface area contributed by atoms with E-state index in [1.807, 2.05) is 0 Å². The lowest BCUT2D eigenvalue weighted by atomic mass is 9.77. The Kier molecular flexibility index (Phi) is 4.88. The van der Waals surface area contributed by atoms with Crippen LogP contribution < -0.4 is 10.6 Å². The lowest BCUT2D eigenvalue weighted by Crippen LogP contribution is -2.40. The second kappa shape index (κ2) is 7.05. The predicted molar refractivity (Wildman–Crippen MR) is 102 cm³/mol. The molecule has 0 radical (unpaired) electrons. The number of nitrogen functional groups attached to an aromatic ring is 1. The second-order valence-corrected chi connectivity index (χ2v) is 8.78. The number of nitrogens with two attached hydrogens (primary N) is 1. The van der Waals surface area contributed by atoms with Gasteiger partial charge in [0.15, 0.2) is 0 Å². The largest absolute Gasteiger partial charge is 0.382 e. The van der Waals surface area contributed by atoms with E-state index in [1.165, 1.54) is 11.8 Å². The molecule has 144 valence electrons. The summed E-state index contributed by atoms with van der Waals surface area (Å²) in [5.41, 5.74) is 5.52. The van der Waals surface area contributed by atoms with Gasteiger partial charge in [0, 0.05) is 37.0 Å². The van der Waals surface area contributed by atoms with Crippen molar-refractivity contribution >= 4 is 35.0 Å². The van der Waals surface area contributed by atoms with E-state index in [1.54, 1.807) is 24.7 Å². The molecule has 2 N–H and O–H groups in total. The molecule has 0 unspecified atom stereocenters. The molecule has 1 aliphatic carbocycles. The first kappa shape index (κ1) is 18.7. The number of piperidine rings is 1. The van der Waals surface area contributed by atoms with Gasteiger partial charge in [-0.25, -0.2) is 23.7 Å². The van der Waals surface area contributed by atoms with Crippen LogP contribution in [-0.2, 0) is 0 Å². The Bertz CT molecular complexity index is 825. The van der Waals surface area contributed by atoms with Crippen LogP contribution in [0.4, 0.5) is 20.4 Å². The minimum Gasteiger partial charge on any atom is -0.382 e. The fourth-order valence-electron chi connectivity index (χ4n) is 3.97. The standard InChI is InChI=1S/C18H20ClF2N5S/c19-15-12(1-6-23-16(15)22)27-14-10-24-13(9-25-14)26-7-4-17(5-8-26)2-3-18(20,21)11-17/h1,6,9-10H,2-5,7-8,11H2,(H2,22,23). The Labute approximate surface area is 165 Å². The van der Waals surface area contributed by atoms with Crippen molar-refractivity contribution in [2.24, 2.45) is 5.41 Å². The molecular formula is C18H20ClF2N5S. The first-order valence-electron chi connectivity index (χ1n) is 8.89. The number of alkyl halides is 2. The first-order valence-corrected chi connectivity index (χ1v) is 10.1. The van der Waals surface area contributed by atoms with Gasteiger partial charge in [0.1, 0.15) is 16.7 Å². The van der Waals surface area contributed by atoms with Gasteiger partial charge in [0.25, 0.3) is 0 Å². The summed E-state index contributed by atoms with van der Waals surface area (Å²) >= 11 is 7.53. The maximum atomic E-state index is 13.6. The number of hydrogen-bond acceptors (Lipinski definition) is 6. The van der Waals surface area contributed by atoms with Gasteiger partial charge in [-0.2, -0.15) is 0 Å². The summed E-state index contributed by atoms with van der Waals surface area (Å²) in [6, 6.07) is 1.78. The normalized spacial score (nSPS) is 20.9. The van der Waals surface area contributed by atoms with Crippen LogP contribution in [0.3, 0.4) is 0 Å². The summed E-state index contributed by atoms with van der Waals surface area (Å²) in [6.07, 6.45) is 7.28. The summed E-state index contributed by atoms with van der Waals surface area (Å²) in [7, 11) is 0. The van der Waals surface area contributed by atoms with Crippen LogP contribution in [0.1, 0.15) is 32.1 Å². The van der Waals surface area contributed by atoms with Crippen molar-refractivity contribution < 1.29 is 8.78 Å². The lowest BCUT2D eigenvalue weighted by molar-refractivity contribution is -0.00682. The zero-order chi connectivity index (χ0) is 19.1. The molecule has 4 rings (SSSR count). The molecule has 3 heterocycles. The van der Waals surface area contributed by atoms with E-state index in [-0.39, 0.29) is 24.1 Å². The van der Waals surface area contributed by atoms with Crippen molar-refractivity contribution in [1.82, 2.24) is 15.0 Å². The van der Waals surface area contributed by atoms with Crippen molar-refractivity contribution in [3.8, 4) is 0 Å². The van der Waals surface area contributed by atoms with Gasteiger partial charge in [0.05, 0.1) is 17.4 Å². The van der Waals surface area contributed by atoms with Crippen molar-refractivity contribution in [2.45, 2.75) is 47.9 Å². The smallest absolute Gasteiger partial charge is 0.248 e. The molecule has 9 heteroatoms. The zero-order valence-corrected chi connectivity index (χ0v) is 16.2. The minimum atomic E-state index is -2.49. The van der Waals surface area contributed by atoms with Gasteiger partial charge in [-0.05, 0) is 30.7 Å². The van der Waals surface area contributed by atoms with Crippen LogP contribution in [-0.4, -0.2) is 34.0 Å². The summed E-state index contributed by atoms with van der Waals surface area (Å²) in [6.45, 7) is 1.48. The van der Waals surface area contributed by atoms with Crippen molar-refractivity contribution in [3.05, 3.63) is 29.7 Å². The van der Waals surface area contributed by atoms with Gasteiger partial charge in [-0.1, -0.05) is 23.4 Å². The molecule has 2 fully saturated rings. The minimum absolute atomic E-state index is 0.0286. The van der Waals surface area contributed by atoms with Gasteiger partial charge < -0.3 is 10.6 Å². The molecule has 2 aromatic rings. The van der Waals surface area contributed by atoms with E-state index in [0.29, 0.717) is 16.5 Å². The highest BCUT2D eigenvalue weighted by atomic mass is 35.5. The molecule has 2 aliphatic rings. The number of hydrogen-bond donors (Lipinski definition) is 1. The third kappa shape index (κ3) is 3.96. The number of pyridine rings is 1. The molecule has 27 heavy (non-hydrogen) atoms. The highest BCUT2D eigenvalue weighted by Gasteiger charge is 2.50. The molecule has 1 aliphatic heterocycles. The van der Waals surface area contributed by atoms with Crippen LogP contribution in [0, 0.1) is 5.41 Å². The molecule has 0 amide bonds. The molecule has 0 atom stereocenters. The Hall–Kier alpha value is -1.67. The molecule has 2 aromatic heterocycles. The van der Waals surface area contributed by atoms with E-state index in [0.717, 1.165) is 36.6 Å². The first-order chi connectivity index (χ1) is 12.9. The number of halogens is 3. The predicted octanol–water partition coefficient (Wildman–Crippen LogP) is 4.66. The maximum Gasteiger partial charge on any atom is 0.248 e. The fraction of sp³-hybridized carbons (Fsp3) is 0.500. The third-order valence-corrected chi connectivity index (χ3v) is 7.00. The Morgan fingerprint density at radius 1 is 1.07 bits per heavy atom. The molecule has 1 saturated heterocycles. The summed E-state index contributed by atoms with van der Waals surface area (Å²) in [4.78, 5) is 15.8. The van der Waals surface area contributed by atoms with Gasteiger partial charge >= 0.3 is 0 Å². The van der Waals surface area contributed by atoms with E-state index in [2.05, 4.69) is 19.9 Å². The Morgan fingerprint density at radius 2 is 1.85 bits per heavy atom. The molecular weight excluding hydrogens is 392 g/mol. The second-order valence-electron chi connectivity index (χ2n) is 7.34. The third-order valence-electron chi connectivity index (χ3n) is 5.51. The van der Waals surface area contributed by atoms with Crippen LogP contribution in [0.15, 0.2) is 34.6 Å².